The average Bonchev–Trinajstić information content (AvgIpc) is 2.73. The van der Waals surface area contributed by atoms with Crippen LogP contribution in [0.25, 0.3) is 0 Å². The fourth-order valence-electron chi connectivity index (χ4n) is 2.70. The standard InChI is InChI=1S/C16H24FN3O/c1-13-5-2-6-14(15(13)17)16(21)20-10-4-9-19(11-12-20)8-3-7-18/h2,5-6H,3-4,7-12,18H2,1H3. The fraction of sp³-hybridized carbons (Fsp3) is 0.562. The number of hydrogen-bond acceptors (Lipinski definition) is 3. The number of benzene rings is 1. The molecule has 1 aliphatic rings. The van der Waals surface area contributed by atoms with E-state index in [9.17, 15) is 9.18 Å². The van der Waals surface area contributed by atoms with Crippen molar-refractivity contribution >= 4 is 5.91 Å². The Morgan fingerprint density at radius 1 is 1.29 bits per heavy atom. The Kier molecular flexibility index (Phi) is 5.70. The summed E-state index contributed by atoms with van der Waals surface area (Å²) in [5, 5.41) is 0. The predicted molar refractivity (Wildman–Crippen MR) is 81.8 cm³/mol. The van der Waals surface area contributed by atoms with Crippen LogP contribution in [0.4, 0.5) is 4.39 Å². The van der Waals surface area contributed by atoms with Gasteiger partial charge in [0.05, 0.1) is 5.56 Å². The summed E-state index contributed by atoms with van der Waals surface area (Å²) >= 11 is 0. The molecule has 4 nitrogen and oxygen atoms in total. The highest BCUT2D eigenvalue weighted by molar-refractivity contribution is 5.94. The molecular weight excluding hydrogens is 269 g/mol. The van der Waals surface area contributed by atoms with E-state index in [1.165, 1.54) is 0 Å². The highest BCUT2D eigenvalue weighted by Crippen LogP contribution is 2.15. The van der Waals surface area contributed by atoms with Crippen LogP contribution in [0.1, 0.15) is 28.8 Å². The lowest BCUT2D eigenvalue weighted by Gasteiger charge is -2.22. The van der Waals surface area contributed by atoms with E-state index < -0.39 is 5.82 Å². The molecule has 1 fully saturated rings. The zero-order valence-corrected chi connectivity index (χ0v) is 12.6. The molecule has 1 amide bonds. The molecule has 0 aliphatic carbocycles. The molecule has 21 heavy (non-hydrogen) atoms. The normalized spacial score (nSPS) is 16.8. The molecule has 116 valence electrons. The van der Waals surface area contributed by atoms with Crippen molar-refractivity contribution in [2.45, 2.75) is 19.8 Å². The first-order chi connectivity index (χ1) is 10.1. The molecular formula is C16H24FN3O. The van der Waals surface area contributed by atoms with Gasteiger partial charge in [0.25, 0.3) is 5.91 Å². The van der Waals surface area contributed by atoms with E-state index in [1.54, 1.807) is 30.0 Å². The SMILES string of the molecule is Cc1cccc(C(=O)N2CCCN(CCCN)CC2)c1F. The van der Waals surface area contributed by atoms with Gasteiger partial charge in [0.1, 0.15) is 5.82 Å². The van der Waals surface area contributed by atoms with Crippen molar-refractivity contribution in [3.63, 3.8) is 0 Å². The van der Waals surface area contributed by atoms with E-state index in [0.29, 0.717) is 25.2 Å². The van der Waals surface area contributed by atoms with Crippen molar-refractivity contribution in [3.05, 3.63) is 35.1 Å². The first kappa shape index (κ1) is 15.9. The number of carbonyl (C=O) groups is 1. The summed E-state index contributed by atoms with van der Waals surface area (Å²) in [6.45, 7) is 6.48. The minimum Gasteiger partial charge on any atom is -0.337 e. The van der Waals surface area contributed by atoms with Gasteiger partial charge in [-0.3, -0.25) is 4.79 Å². The van der Waals surface area contributed by atoms with Crippen LogP contribution < -0.4 is 5.73 Å². The van der Waals surface area contributed by atoms with Crippen LogP contribution in [0.2, 0.25) is 0 Å². The molecule has 1 aliphatic heterocycles. The Morgan fingerprint density at radius 3 is 2.86 bits per heavy atom. The van der Waals surface area contributed by atoms with Crippen LogP contribution >= 0.6 is 0 Å². The fourth-order valence-corrected chi connectivity index (χ4v) is 2.70. The second-order valence-corrected chi connectivity index (χ2v) is 5.57. The van der Waals surface area contributed by atoms with Crippen LogP contribution in [0.3, 0.4) is 0 Å². The van der Waals surface area contributed by atoms with Crippen molar-refractivity contribution in [1.29, 1.82) is 0 Å². The first-order valence-electron chi connectivity index (χ1n) is 7.60. The van der Waals surface area contributed by atoms with E-state index in [0.717, 1.165) is 32.5 Å². The van der Waals surface area contributed by atoms with Crippen molar-refractivity contribution < 1.29 is 9.18 Å². The smallest absolute Gasteiger partial charge is 0.256 e. The first-order valence-corrected chi connectivity index (χ1v) is 7.60. The summed E-state index contributed by atoms with van der Waals surface area (Å²) in [6, 6.07) is 4.99. The molecule has 1 heterocycles. The molecule has 0 aromatic heterocycles. The minimum atomic E-state index is -0.397. The Labute approximate surface area is 125 Å². The van der Waals surface area contributed by atoms with Gasteiger partial charge in [0.2, 0.25) is 0 Å². The number of halogens is 1. The zero-order valence-electron chi connectivity index (χ0n) is 12.6. The van der Waals surface area contributed by atoms with E-state index in [1.807, 2.05) is 0 Å². The largest absolute Gasteiger partial charge is 0.337 e. The lowest BCUT2D eigenvalue weighted by molar-refractivity contribution is 0.0756. The monoisotopic (exact) mass is 293 g/mol. The molecule has 1 aromatic rings. The second-order valence-electron chi connectivity index (χ2n) is 5.57. The van der Waals surface area contributed by atoms with Crippen LogP contribution in [0.5, 0.6) is 0 Å². The van der Waals surface area contributed by atoms with Crippen LogP contribution in [-0.4, -0.2) is 55.0 Å². The molecule has 0 atom stereocenters. The third kappa shape index (κ3) is 4.02. The zero-order chi connectivity index (χ0) is 15.2. The van der Waals surface area contributed by atoms with E-state index in [2.05, 4.69) is 4.90 Å². The quantitative estimate of drug-likeness (QED) is 0.918. The van der Waals surface area contributed by atoms with Gasteiger partial charge in [-0.25, -0.2) is 4.39 Å². The number of nitrogens with zero attached hydrogens (tertiary/aromatic N) is 2. The number of aryl methyl sites for hydroxylation is 1. The maximum absolute atomic E-state index is 14.1. The predicted octanol–water partition coefficient (Wildman–Crippen LogP) is 1.63. The lowest BCUT2D eigenvalue weighted by atomic mass is 10.1. The summed E-state index contributed by atoms with van der Waals surface area (Å²) in [4.78, 5) is 16.6. The van der Waals surface area contributed by atoms with Crippen molar-refractivity contribution in [1.82, 2.24) is 9.80 Å². The van der Waals surface area contributed by atoms with Gasteiger partial charge in [-0.1, -0.05) is 12.1 Å². The number of nitrogens with two attached hydrogens (primary N) is 1. The van der Waals surface area contributed by atoms with Crippen LogP contribution in [-0.2, 0) is 0 Å². The molecule has 0 radical (unpaired) electrons. The Balaban J connectivity index is 2.01. The molecule has 1 aromatic carbocycles. The van der Waals surface area contributed by atoms with E-state index >= 15 is 0 Å². The van der Waals surface area contributed by atoms with Gasteiger partial charge in [0, 0.05) is 19.6 Å². The Bertz CT molecular complexity index is 492. The lowest BCUT2D eigenvalue weighted by Crippen LogP contribution is -2.36. The summed E-state index contributed by atoms with van der Waals surface area (Å²) in [5.41, 5.74) is 6.23. The Hall–Kier alpha value is -1.46. The average molecular weight is 293 g/mol. The maximum Gasteiger partial charge on any atom is 0.256 e. The summed E-state index contributed by atoms with van der Waals surface area (Å²) in [6.07, 6.45) is 1.89. The van der Waals surface area contributed by atoms with Crippen LogP contribution in [0, 0.1) is 12.7 Å². The van der Waals surface area contributed by atoms with Gasteiger partial charge >= 0.3 is 0 Å². The summed E-state index contributed by atoms with van der Waals surface area (Å²) in [7, 11) is 0. The van der Waals surface area contributed by atoms with Gasteiger partial charge in [-0.2, -0.15) is 0 Å². The number of carbonyl (C=O) groups excluding carboxylic acids is 1. The van der Waals surface area contributed by atoms with E-state index in [4.69, 9.17) is 5.73 Å². The molecule has 0 unspecified atom stereocenters. The van der Waals surface area contributed by atoms with Gasteiger partial charge in [-0.05, 0) is 51.0 Å². The van der Waals surface area contributed by atoms with Gasteiger partial charge in [-0.15, -0.1) is 0 Å². The van der Waals surface area contributed by atoms with Crippen LogP contribution in [0.15, 0.2) is 18.2 Å². The topological polar surface area (TPSA) is 49.6 Å². The number of hydrogen-bond donors (Lipinski definition) is 1. The molecule has 0 spiro atoms. The van der Waals surface area contributed by atoms with Crippen molar-refractivity contribution in [3.8, 4) is 0 Å². The number of rotatable bonds is 4. The molecule has 5 heteroatoms. The molecule has 0 bridgehead atoms. The molecule has 0 saturated carbocycles. The number of amides is 1. The molecule has 2 N–H and O–H groups in total. The highest BCUT2D eigenvalue weighted by Gasteiger charge is 2.22. The summed E-state index contributed by atoms with van der Waals surface area (Å²) < 4.78 is 14.1. The van der Waals surface area contributed by atoms with Crippen molar-refractivity contribution in [2.75, 3.05) is 39.3 Å². The third-order valence-corrected chi connectivity index (χ3v) is 3.98. The molecule has 2 rings (SSSR count). The molecule has 1 saturated heterocycles. The van der Waals surface area contributed by atoms with Gasteiger partial charge in [0.15, 0.2) is 0 Å². The van der Waals surface area contributed by atoms with E-state index in [-0.39, 0.29) is 11.5 Å². The Morgan fingerprint density at radius 2 is 2.10 bits per heavy atom. The third-order valence-electron chi connectivity index (χ3n) is 3.98. The second kappa shape index (κ2) is 7.52. The highest BCUT2D eigenvalue weighted by atomic mass is 19.1. The van der Waals surface area contributed by atoms with Crippen molar-refractivity contribution in [2.24, 2.45) is 5.73 Å². The summed E-state index contributed by atoms with van der Waals surface area (Å²) in [5.74, 6) is -0.594. The minimum absolute atomic E-state index is 0.186. The maximum atomic E-state index is 14.1. The van der Waals surface area contributed by atoms with Gasteiger partial charge < -0.3 is 15.5 Å².